The number of halogens is 2. The minimum atomic E-state index is -0.697. The van der Waals surface area contributed by atoms with E-state index in [-0.39, 0.29) is 10.6 Å². The lowest BCUT2D eigenvalue weighted by molar-refractivity contribution is -0.614. The van der Waals surface area contributed by atoms with Crippen LogP contribution in [-0.4, -0.2) is 43.4 Å². The van der Waals surface area contributed by atoms with Crippen molar-refractivity contribution >= 4 is 23.4 Å². The highest BCUT2D eigenvalue weighted by Gasteiger charge is 2.27. The molecule has 44 heavy (non-hydrogen) atoms. The third kappa shape index (κ3) is 5.83. The first-order valence-corrected chi connectivity index (χ1v) is 13.8. The summed E-state index contributed by atoms with van der Waals surface area (Å²) in [4.78, 5) is 19.5. The van der Waals surface area contributed by atoms with Crippen LogP contribution < -0.4 is 10.0 Å². The molecule has 1 amide bonds. The van der Waals surface area contributed by atoms with E-state index in [0.717, 1.165) is 21.6 Å². The molecule has 0 fully saturated rings. The van der Waals surface area contributed by atoms with E-state index < -0.39 is 17.8 Å². The summed E-state index contributed by atoms with van der Waals surface area (Å²) in [6, 6.07) is 23.2. The molecule has 3 aromatic carbocycles. The molecule has 3 heterocycles. The first kappa shape index (κ1) is 28.5. The number of aromatic nitrogens is 7. The summed E-state index contributed by atoms with van der Waals surface area (Å²) in [5.74, 6) is -0.598. The SMILES string of the molecule is COC(=O)Nc1ccc(-c2cnc([C@@H](Cc3ccccc3)c3ccc(-c4c(-n5cnnn5)ccc(Cl)c4F)c[n+]3[O-])[nH]2)cc1. The van der Waals surface area contributed by atoms with Gasteiger partial charge in [0, 0.05) is 11.8 Å². The molecular weight excluding hydrogens is 587 g/mol. The molecule has 0 aliphatic rings. The maximum Gasteiger partial charge on any atom is 0.411 e. The number of tetrazole rings is 1. The fraction of sp³-hybridized carbons (Fsp3) is 0.0968. The number of hydrogen-bond donors (Lipinski definition) is 2. The van der Waals surface area contributed by atoms with E-state index in [1.54, 1.807) is 36.5 Å². The van der Waals surface area contributed by atoms with Gasteiger partial charge in [-0.3, -0.25) is 5.32 Å². The number of imidazole rings is 1. The van der Waals surface area contributed by atoms with Gasteiger partial charge in [-0.15, -0.1) is 5.10 Å². The molecule has 1 atom stereocenters. The van der Waals surface area contributed by atoms with Gasteiger partial charge in [0.05, 0.1) is 40.8 Å². The van der Waals surface area contributed by atoms with Crippen LogP contribution in [0.3, 0.4) is 0 Å². The second kappa shape index (κ2) is 12.3. The number of rotatable bonds is 8. The van der Waals surface area contributed by atoms with Crippen molar-refractivity contribution in [1.82, 2.24) is 30.2 Å². The Labute approximate surface area is 255 Å². The Balaban J connectivity index is 1.37. The highest BCUT2D eigenvalue weighted by atomic mass is 35.5. The van der Waals surface area contributed by atoms with Gasteiger partial charge in [-0.2, -0.15) is 9.41 Å². The fourth-order valence-corrected chi connectivity index (χ4v) is 5.10. The van der Waals surface area contributed by atoms with Crippen molar-refractivity contribution in [3.8, 4) is 28.1 Å². The Hall–Kier alpha value is -5.62. The lowest BCUT2D eigenvalue weighted by atomic mass is 9.94. The van der Waals surface area contributed by atoms with Crippen LogP contribution in [0.15, 0.2) is 97.6 Å². The number of methoxy groups -OCH3 is 1. The second-order valence-corrected chi connectivity index (χ2v) is 10.2. The zero-order valence-corrected chi connectivity index (χ0v) is 23.9. The van der Waals surface area contributed by atoms with Gasteiger partial charge in [0.1, 0.15) is 18.1 Å². The van der Waals surface area contributed by atoms with Crippen LogP contribution in [0.5, 0.6) is 0 Å². The maximum absolute atomic E-state index is 15.4. The van der Waals surface area contributed by atoms with Gasteiger partial charge in [0.2, 0.25) is 5.69 Å². The summed E-state index contributed by atoms with van der Waals surface area (Å²) in [5, 5.41) is 27.3. The number of nitrogens with one attached hydrogen (secondary N) is 2. The summed E-state index contributed by atoms with van der Waals surface area (Å²) in [7, 11) is 1.30. The molecule has 0 aliphatic carbocycles. The van der Waals surface area contributed by atoms with Crippen molar-refractivity contribution in [2.45, 2.75) is 12.3 Å². The average Bonchev–Trinajstić information content (AvgIpc) is 3.76. The number of nitrogens with zero attached hydrogens (tertiary/aromatic N) is 6. The molecule has 0 spiro atoms. The molecule has 0 saturated carbocycles. The molecule has 6 aromatic rings. The average molecular weight is 611 g/mol. The van der Waals surface area contributed by atoms with Crippen LogP contribution in [0.25, 0.3) is 28.1 Å². The highest BCUT2D eigenvalue weighted by Crippen LogP contribution is 2.34. The lowest BCUT2D eigenvalue weighted by Crippen LogP contribution is -2.34. The predicted molar refractivity (Wildman–Crippen MR) is 161 cm³/mol. The molecule has 0 radical (unpaired) electrons. The number of pyridine rings is 1. The molecule has 2 N–H and O–H groups in total. The van der Waals surface area contributed by atoms with Crippen molar-refractivity contribution in [2.75, 3.05) is 12.4 Å². The van der Waals surface area contributed by atoms with Gasteiger partial charge in [-0.25, -0.2) is 14.2 Å². The Kier molecular flexibility index (Phi) is 7.98. The monoisotopic (exact) mass is 610 g/mol. The smallest absolute Gasteiger partial charge is 0.411 e. The fourth-order valence-electron chi connectivity index (χ4n) is 4.94. The minimum absolute atomic E-state index is 0.0889. The summed E-state index contributed by atoms with van der Waals surface area (Å²) < 4.78 is 22.1. The Morgan fingerprint density at radius 1 is 1.09 bits per heavy atom. The minimum Gasteiger partial charge on any atom is -0.618 e. The molecule has 11 nitrogen and oxygen atoms in total. The number of ether oxygens (including phenoxy) is 1. The van der Waals surface area contributed by atoms with Crippen molar-refractivity contribution < 1.29 is 18.7 Å². The molecule has 0 saturated heterocycles. The van der Waals surface area contributed by atoms with Crippen molar-refractivity contribution in [1.29, 1.82) is 0 Å². The van der Waals surface area contributed by atoms with E-state index in [0.29, 0.717) is 34.9 Å². The largest absolute Gasteiger partial charge is 0.618 e. The third-order valence-corrected chi connectivity index (χ3v) is 7.39. The van der Waals surface area contributed by atoms with Crippen LogP contribution in [0.1, 0.15) is 23.0 Å². The van der Waals surface area contributed by atoms with Crippen LogP contribution in [-0.2, 0) is 11.2 Å². The molecule has 0 bridgehead atoms. The normalized spacial score (nSPS) is 11.7. The second-order valence-electron chi connectivity index (χ2n) is 9.80. The molecule has 6 rings (SSSR count). The number of benzene rings is 3. The third-order valence-electron chi connectivity index (χ3n) is 7.09. The van der Waals surface area contributed by atoms with E-state index in [2.05, 4.69) is 35.5 Å². The number of carbonyl (C=O) groups excluding carboxylic acids is 1. The van der Waals surface area contributed by atoms with E-state index in [1.165, 1.54) is 30.4 Å². The Morgan fingerprint density at radius 2 is 1.86 bits per heavy atom. The number of anilines is 1. The molecular formula is C31H24ClFN8O3. The number of amides is 1. The van der Waals surface area contributed by atoms with Gasteiger partial charge in [0.15, 0.2) is 12.0 Å². The van der Waals surface area contributed by atoms with Gasteiger partial charge < -0.3 is 14.9 Å². The van der Waals surface area contributed by atoms with Crippen molar-refractivity contribution in [2.24, 2.45) is 0 Å². The Bertz CT molecular complexity index is 1920. The first-order chi connectivity index (χ1) is 21.4. The lowest BCUT2D eigenvalue weighted by Gasteiger charge is -2.17. The van der Waals surface area contributed by atoms with E-state index in [1.807, 2.05) is 42.5 Å². The maximum atomic E-state index is 15.4. The summed E-state index contributed by atoms with van der Waals surface area (Å²) >= 11 is 6.12. The highest BCUT2D eigenvalue weighted by molar-refractivity contribution is 6.31. The zero-order chi connectivity index (χ0) is 30.6. The van der Waals surface area contributed by atoms with Crippen molar-refractivity contribution in [3.63, 3.8) is 0 Å². The van der Waals surface area contributed by atoms with Crippen LogP contribution in [0, 0.1) is 11.0 Å². The summed E-state index contributed by atoms with van der Waals surface area (Å²) in [5.41, 5.74) is 4.25. The van der Waals surface area contributed by atoms with E-state index in [4.69, 9.17) is 11.6 Å². The molecule has 0 aliphatic heterocycles. The van der Waals surface area contributed by atoms with Crippen LogP contribution in [0.4, 0.5) is 14.9 Å². The molecule has 13 heteroatoms. The molecule has 3 aromatic heterocycles. The van der Waals surface area contributed by atoms with Gasteiger partial charge in [0.25, 0.3) is 0 Å². The number of H-pyrrole nitrogens is 1. The van der Waals surface area contributed by atoms with Gasteiger partial charge in [-0.1, -0.05) is 54.1 Å². The summed E-state index contributed by atoms with van der Waals surface area (Å²) in [6.45, 7) is 0. The Morgan fingerprint density at radius 3 is 2.57 bits per heavy atom. The first-order valence-electron chi connectivity index (χ1n) is 13.4. The quantitative estimate of drug-likeness (QED) is 0.167. The van der Waals surface area contributed by atoms with Crippen LogP contribution >= 0.6 is 11.6 Å². The van der Waals surface area contributed by atoms with Gasteiger partial charge >= 0.3 is 6.09 Å². The summed E-state index contributed by atoms with van der Waals surface area (Å²) in [6.07, 6.45) is 4.25. The number of hydrogen-bond acceptors (Lipinski definition) is 7. The molecule has 0 unspecified atom stereocenters. The van der Waals surface area contributed by atoms with Gasteiger partial charge in [-0.05, 0) is 58.3 Å². The number of aromatic amines is 1. The van der Waals surface area contributed by atoms with Crippen LogP contribution in [0.2, 0.25) is 5.02 Å². The standard InChI is InChI=1S/C31H24ClFN8O3/c1-44-31(42)36-22-10-7-20(8-11-22)25-16-34-30(37-25)23(15-19-5-3-2-4-6-19)26-13-9-21(17-41(26)43)28-27(40-18-35-38-39-40)14-12-24(32)29(28)33/h2-14,16-18,23H,15H2,1H3,(H,34,37)(H,36,42)/t23-/m0/s1. The van der Waals surface area contributed by atoms with E-state index in [9.17, 15) is 10.0 Å². The topological polar surface area (TPSA) is 138 Å². The predicted octanol–water partition coefficient (Wildman–Crippen LogP) is 5.70. The molecule has 220 valence electrons. The number of carbonyl (C=O) groups is 1. The zero-order valence-electron chi connectivity index (χ0n) is 23.2. The van der Waals surface area contributed by atoms with E-state index >= 15 is 4.39 Å². The van der Waals surface area contributed by atoms with Crippen molar-refractivity contribution in [3.05, 3.63) is 131 Å².